The smallest absolute Gasteiger partial charge is 0.253 e. The molecule has 5 N–H and O–H groups in total. The highest BCUT2D eigenvalue weighted by molar-refractivity contribution is 5.94. The van der Waals surface area contributed by atoms with Crippen LogP contribution in [0.5, 0.6) is 0 Å². The number of nitrogens with one attached hydrogen (secondary N) is 3. The number of hydrogen-bond donors (Lipinski definition) is 4. The molecule has 0 fully saturated rings. The van der Waals surface area contributed by atoms with Gasteiger partial charge in [0.1, 0.15) is 11.6 Å². The number of hydrogen-bond acceptors (Lipinski definition) is 7. The fourth-order valence-electron chi connectivity index (χ4n) is 3.46. The average Bonchev–Trinajstić information content (AvgIpc) is 3.35. The summed E-state index contributed by atoms with van der Waals surface area (Å²) < 4.78 is 13.3. The maximum Gasteiger partial charge on any atom is 0.253 e. The van der Waals surface area contributed by atoms with Gasteiger partial charge < -0.3 is 21.8 Å². The van der Waals surface area contributed by atoms with Gasteiger partial charge in [0, 0.05) is 49.7 Å². The molecule has 0 atom stereocenters. The lowest BCUT2D eigenvalue weighted by molar-refractivity contribution is 0.0950. The number of pyridine rings is 2. The van der Waals surface area contributed by atoms with Crippen molar-refractivity contribution >= 4 is 11.7 Å². The van der Waals surface area contributed by atoms with Gasteiger partial charge in [-0.3, -0.25) is 9.78 Å². The molecule has 10 heteroatoms. The highest BCUT2D eigenvalue weighted by Gasteiger charge is 2.10. The summed E-state index contributed by atoms with van der Waals surface area (Å²) in [5.41, 5.74) is 12.4. The minimum atomic E-state index is -0.242. The van der Waals surface area contributed by atoms with Gasteiger partial charge in [0.05, 0.1) is 23.7 Å². The number of rotatable bonds is 11. The first-order valence-corrected chi connectivity index (χ1v) is 11.3. The summed E-state index contributed by atoms with van der Waals surface area (Å²) in [6.45, 7) is 2.01. The zero-order valence-electron chi connectivity index (χ0n) is 19.1. The molecule has 0 saturated carbocycles. The Morgan fingerprint density at radius 2 is 1.97 bits per heavy atom. The molecule has 4 aromatic rings. The second kappa shape index (κ2) is 11.7. The van der Waals surface area contributed by atoms with E-state index in [-0.39, 0.29) is 11.7 Å². The van der Waals surface area contributed by atoms with Gasteiger partial charge in [-0.1, -0.05) is 18.2 Å². The molecular formula is C25H27FN8O. The molecule has 0 aliphatic rings. The van der Waals surface area contributed by atoms with Gasteiger partial charge in [0.2, 0.25) is 0 Å². The summed E-state index contributed by atoms with van der Waals surface area (Å²) in [4.78, 5) is 22.9. The average molecular weight is 475 g/mol. The van der Waals surface area contributed by atoms with Crippen LogP contribution in [0, 0.1) is 5.82 Å². The lowest BCUT2D eigenvalue weighted by atomic mass is 10.1. The zero-order valence-corrected chi connectivity index (χ0v) is 19.1. The molecule has 3 heterocycles. The lowest BCUT2D eigenvalue weighted by Crippen LogP contribution is -2.24. The first-order chi connectivity index (χ1) is 17.1. The molecule has 0 spiro atoms. The van der Waals surface area contributed by atoms with E-state index in [1.54, 1.807) is 35.4 Å². The van der Waals surface area contributed by atoms with Gasteiger partial charge in [-0.25, -0.2) is 9.37 Å². The molecule has 1 amide bonds. The molecule has 180 valence electrons. The summed E-state index contributed by atoms with van der Waals surface area (Å²) in [6.07, 6.45) is 7.39. The predicted octanol–water partition coefficient (Wildman–Crippen LogP) is 2.57. The molecule has 1 aromatic carbocycles. The standard InChI is InChI=1S/C25H27FN8O/c26-22-5-1-3-18(13-22)8-11-32-34-17-21(16-33-34)23-7-6-20(15-30-23)25(35)31-14-19-4-2-10-28-24(19)29-12-9-27/h1-7,10,13,15-17,32H,8-9,11-12,14,27H2,(H,28,29)(H,31,35). The van der Waals surface area contributed by atoms with Crippen molar-refractivity contribution in [2.45, 2.75) is 13.0 Å². The highest BCUT2D eigenvalue weighted by Crippen LogP contribution is 2.16. The third-order valence-corrected chi connectivity index (χ3v) is 5.25. The maximum atomic E-state index is 13.3. The highest BCUT2D eigenvalue weighted by atomic mass is 19.1. The Morgan fingerprint density at radius 1 is 1.06 bits per heavy atom. The summed E-state index contributed by atoms with van der Waals surface area (Å²) >= 11 is 0. The van der Waals surface area contributed by atoms with Crippen molar-refractivity contribution in [3.63, 3.8) is 0 Å². The Labute approximate surface area is 202 Å². The second-order valence-corrected chi connectivity index (χ2v) is 7.80. The molecule has 3 aromatic heterocycles. The van der Waals surface area contributed by atoms with Crippen LogP contribution in [0.1, 0.15) is 21.5 Å². The van der Waals surface area contributed by atoms with Crippen LogP contribution in [0.2, 0.25) is 0 Å². The van der Waals surface area contributed by atoms with E-state index in [4.69, 9.17) is 5.73 Å². The second-order valence-electron chi connectivity index (χ2n) is 7.80. The van der Waals surface area contributed by atoms with Crippen molar-refractivity contribution in [2.24, 2.45) is 5.73 Å². The van der Waals surface area contributed by atoms with Gasteiger partial charge in [0.25, 0.3) is 5.91 Å². The number of benzene rings is 1. The fraction of sp³-hybridized carbons (Fsp3) is 0.200. The van der Waals surface area contributed by atoms with Crippen molar-refractivity contribution in [3.8, 4) is 11.3 Å². The third-order valence-electron chi connectivity index (χ3n) is 5.25. The molecule has 0 aliphatic carbocycles. The van der Waals surface area contributed by atoms with E-state index in [2.05, 4.69) is 31.1 Å². The Hall–Kier alpha value is -4.31. The van der Waals surface area contributed by atoms with Crippen molar-refractivity contribution in [1.82, 2.24) is 25.2 Å². The number of aromatic nitrogens is 4. The van der Waals surface area contributed by atoms with Crippen LogP contribution in [-0.2, 0) is 13.0 Å². The van der Waals surface area contributed by atoms with Crippen LogP contribution in [0.15, 0.2) is 73.3 Å². The van der Waals surface area contributed by atoms with E-state index >= 15 is 0 Å². The molecule has 0 radical (unpaired) electrons. The summed E-state index contributed by atoms with van der Waals surface area (Å²) in [7, 11) is 0. The van der Waals surface area contributed by atoms with Crippen molar-refractivity contribution in [3.05, 3.63) is 95.8 Å². The molecule has 4 rings (SSSR count). The van der Waals surface area contributed by atoms with E-state index in [1.165, 1.54) is 18.3 Å². The fourth-order valence-corrected chi connectivity index (χ4v) is 3.46. The summed E-state index contributed by atoms with van der Waals surface area (Å²) in [6, 6.07) is 13.8. The van der Waals surface area contributed by atoms with Crippen LogP contribution in [0.3, 0.4) is 0 Å². The summed E-state index contributed by atoms with van der Waals surface area (Å²) in [5.74, 6) is 0.231. The molecule has 0 unspecified atom stereocenters. The normalized spacial score (nSPS) is 10.7. The molecule has 0 saturated heterocycles. The molecule has 0 bridgehead atoms. The Bertz CT molecular complexity index is 1260. The maximum absolute atomic E-state index is 13.3. The van der Waals surface area contributed by atoms with E-state index in [0.29, 0.717) is 49.7 Å². The van der Waals surface area contributed by atoms with Gasteiger partial charge in [-0.2, -0.15) is 9.89 Å². The van der Waals surface area contributed by atoms with Crippen LogP contribution in [0.4, 0.5) is 10.2 Å². The van der Waals surface area contributed by atoms with E-state index in [1.807, 2.05) is 24.4 Å². The Kier molecular flexibility index (Phi) is 7.97. The lowest BCUT2D eigenvalue weighted by Gasteiger charge is -2.11. The number of nitrogens with zero attached hydrogens (tertiary/aromatic N) is 4. The van der Waals surface area contributed by atoms with Crippen molar-refractivity contribution < 1.29 is 9.18 Å². The van der Waals surface area contributed by atoms with Crippen LogP contribution in [0.25, 0.3) is 11.3 Å². The van der Waals surface area contributed by atoms with E-state index in [9.17, 15) is 9.18 Å². The van der Waals surface area contributed by atoms with Gasteiger partial charge >= 0.3 is 0 Å². The molecular weight excluding hydrogens is 447 g/mol. The van der Waals surface area contributed by atoms with Crippen molar-refractivity contribution in [1.29, 1.82) is 0 Å². The SMILES string of the molecule is NCCNc1ncccc1CNC(=O)c1ccc(-c2cnn(NCCc3cccc(F)c3)c2)nc1. The van der Waals surface area contributed by atoms with Crippen LogP contribution >= 0.6 is 0 Å². The number of anilines is 1. The topological polar surface area (TPSA) is 123 Å². The third kappa shape index (κ3) is 6.61. The summed E-state index contributed by atoms with van der Waals surface area (Å²) in [5, 5.41) is 10.3. The first kappa shape index (κ1) is 23.8. The monoisotopic (exact) mass is 474 g/mol. The Balaban J connectivity index is 1.30. The number of carbonyl (C=O) groups is 1. The minimum absolute atomic E-state index is 0.229. The first-order valence-electron chi connectivity index (χ1n) is 11.3. The zero-order chi connectivity index (χ0) is 24.5. The number of nitrogens with two attached hydrogens (primary N) is 1. The molecule has 35 heavy (non-hydrogen) atoms. The van der Waals surface area contributed by atoms with Gasteiger partial charge in [-0.15, -0.1) is 0 Å². The Morgan fingerprint density at radius 3 is 2.77 bits per heavy atom. The molecule has 9 nitrogen and oxygen atoms in total. The predicted molar refractivity (Wildman–Crippen MR) is 133 cm³/mol. The molecule has 0 aliphatic heterocycles. The van der Waals surface area contributed by atoms with Crippen LogP contribution < -0.4 is 21.8 Å². The van der Waals surface area contributed by atoms with Gasteiger partial charge in [-0.05, 0) is 42.3 Å². The quantitative estimate of drug-likeness (QED) is 0.263. The minimum Gasteiger partial charge on any atom is -0.369 e. The number of carbonyl (C=O) groups excluding carboxylic acids is 1. The van der Waals surface area contributed by atoms with Crippen molar-refractivity contribution in [2.75, 3.05) is 30.4 Å². The van der Waals surface area contributed by atoms with E-state index < -0.39 is 0 Å². The largest absolute Gasteiger partial charge is 0.369 e. The number of halogens is 1. The van der Waals surface area contributed by atoms with Gasteiger partial charge in [0.15, 0.2) is 0 Å². The van der Waals surface area contributed by atoms with E-state index in [0.717, 1.165) is 16.7 Å². The van der Waals surface area contributed by atoms with Crippen LogP contribution in [-0.4, -0.2) is 45.4 Å². The number of amides is 1.